The topological polar surface area (TPSA) is 55.4 Å². The Labute approximate surface area is 121 Å². The molecule has 5 heteroatoms. The third-order valence-corrected chi connectivity index (χ3v) is 3.45. The molecule has 2 aromatic carbocycles. The number of rotatable bonds is 4. The molecule has 20 heavy (non-hydrogen) atoms. The molecule has 0 saturated carbocycles. The van der Waals surface area contributed by atoms with Crippen molar-refractivity contribution in [2.24, 2.45) is 0 Å². The number of nitrogens with one attached hydrogen (secondary N) is 1. The third kappa shape index (κ3) is 3.39. The number of carbonyl (C=O) groups is 2. The number of methoxy groups -OCH3 is 1. The molecule has 0 atom stereocenters. The third-order valence-electron chi connectivity index (χ3n) is 2.58. The van der Waals surface area contributed by atoms with Crippen molar-refractivity contribution in [2.45, 2.75) is 4.90 Å². The van der Waals surface area contributed by atoms with Gasteiger partial charge in [0.25, 0.3) is 5.91 Å². The zero-order chi connectivity index (χ0) is 14.4. The Morgan fingerprint density at radius 3 is 2.35 bits per heavy atom. The number of carbonyl (C=O) groups excluding carboxylic acids is 2. The van der Waals surface area contributed by atoms with Gasteiger partial charge in [0.2, 0.25) is 0 Å². The Kier molecular flexibility index (Phi) is 4.79. The van der Waals surface area contributed by atoms with Crippen molar-refractivity contribution < 1.29 is 14.3 Å². The molecule has 0 heterocycles. The van der Waals surface area contributed by atoms with E-state index in [4.69, 9.17) is 4.74 Å². The van der Waals surface area contributed by atoms with Crippen LogP contribution in [0.2, 0.25) is 0 Å². The zero-order valence-electron chi connectivity index (χ0n) is 10.8. The summed E-state index contributed by atoms with van der Waals surface area (Å²) >= 11 is 1.09. The van der Waals surface area contributed by atoms with Crippen LogP contribution in [0.3, 0.4) is 0 Å². The number of hydrogen-bond acceptors (Lipinski definition) is 4. The van der Waals surface area contributed by atoms with Crippen molar-refractivity contribution >= 4 is 23.8 Å². The molecular weight excluding hydrogens is 274 g/mol. The Morgan fingerprint density at radius 1 is 1.00 bits per heavy atom. The molecule has 0 fully saturated rings. The van der Waals surface area contributed by atoms with Crippen molar-refractivity contribution in [2.75, 3.05) is 7.11 Å². The molecule has 0 aliphatic carbocycles. The van der Waals surface area contributed by atoms with E-state index in [2.05, 4.69) is 4.72 Å². The molecule has 2 aromatic rings. The number of amides is 1. The largest absolute Gasteiger partial charge is 0.465 e. The highest BCUT2D eigenvalue weighted by atomic mass is 32.2. The van der Waals surface area contributed by atoms with Gasteiger partial charge in [0.1, 0.15) is 0 Å². The number of benzene rings is 2. The van der Waals surface area contributed by atoms with E-state index in [1.54, 1.807) is 48.5 Å². The van der Waals surface area contributed by atoms with Crippen molar-refractivity contribution in [1.82, 2.24) is 4.72 Å². The fourth-order valence-corrected chi connectivity index (χ4v) is 2.31. The molecule has 0 bridgehead atoms. The summed E-state index contributed by atoms with van der Waals surface area (Å²) in [4.78, 5) is 24.2. The minimum atomic E-state index is -0.429. The maximum absolute atomic E-state index is 11.9. The van der Waals surface area contributed by atoms with Crippen molar-refractivity contribution in [3.63, 3.8) is 0 Å². The van der Waals surface area contributed by atoms with Crippen LogP contribution in [0.25, 0.3) is 0 Å². The average Bonchev–Trinajstić information content (AvgIpc) is 2.53. The van der Waals surface area contributed by atoms with Gasteiger partial charge in [0.15, 0.2) is 0 Å². The van der Waals surface area contributed by atoms with Gasteiger partial charge in [-0.2, -0.15) is 0 Å². The van der Waals surface area contributed by atoms with Crippen molar-refractivity contribution in [1.29, 1.82) is 0 Å². The first kappa shape index (κ1) is 14.1. The summed E-state index contributed by atoms with van der Waals surface area (Å²) in [7, 11) is 1.33. The molecule has 2 rings (SSSR count). The van der Waals surface area contributed by atoms with Crippen LogP contribution in [0.5, 0.6) is 0 Å². The molecule has 0 aliphatic heterocycles. The predicted octanol–water partition coefficient (Wildman–Crippen LogP) is 2.91. The highest BCUT2D eigenvalue weighted by Gasteiger charge is 2.13. The quantitative estimate of drug-likeness (QED) is 0.694. The van der Waals surface area contributed by atoms with Crippen LogP contribution in [0.4, 0.5) is 0 Å². The number of hydrogen-bond donors (Lipinski definition) is 1. The van der Waals surface area contributed by atoms with Gasteiger partial charge < -0.3 is 4.74 Å². The predicted molar refractivity (Wildman–Crippen MR) is 77.5 cm³/mol. The van der Waals surface area contributed by atoms with Crippen LogP contribution >= 0.6 is 11.9 Å². The highest BCUT2D eigenvalue weighted by Crippen LogP contribution is 2.21. The fourth-order valence-electron chi connectivity index (χ4n) is 1.58. The normalized spacial score (nSPS) is 9.85. The SMILES string of the molecule is COC(=O)c1ccccc1SNC(=O)c1ccccc1. The van der Waals surface area contributed by atoms with Crippen LogP contribution in [-0.4, -0.2) is 19.0 Å². The summed E-state index contributed by atoms with van der Waals surface area (Å²) in [6.45, 7) is 0. The van der Waals surface area contributed by atoms with Gasteiger partial charge in [-0.3, -0.25) is 9.52 Å². The highest BCUT2D eigenvalue weighted by molar-refractivity contribution is 7.98. The van der Waals surface area contributed by atoms with Gasteiger partial charge in [-0.1, -0.05) is 30.3 Å². The molecule has 0 radical (unpaired) electrons. The Balaban J connectivity index is 2.08. The van der Waals surface area contributed by atoms with Crippen molar-refractivity contribution in [3.8, 4) is 0 Å². The molecular formula is C15H13NO3S. The average molecular weight is 287 g/mol. The lowest BCUT2D eigenvalue weighted by molar-refractivity contribution is 0.0596. The van der Waals surface area contributed by atoms with E-state index < -0.39 is 5.97 Å². The zero-order valence-corrected chi connectivity index (χ0v) is 11.6. The summed E-state index contributed by atoms with van der Waals surface area (Å²) in [5.74, 6) is -0.641. The smallest absolute Gasteiger partial charge is 0.339 e. The monoisotopic (exact) mass is 287 g/mol. The van der Waals surface area contributed by atoms with Crippen LogP contribution in [0, 0.1) is 0 Å². The van der Waals surface area contributed by atoms with Gasteiger partial charge >= 0.3 is 5.97 Å². The van der Waals surface area contributed by atoms with E-state index in [0.29, 0.717) is 16.0 Å². The Bertz CT molecular complexity index is 614. The number of ether oxygens (including phenoxy) is 1. The van der Waals surface area contributed by atoms with E-state index in [9.17, 15) is 9.59 Å². The van der Waals surface area contributed by atoms with Crippen molar-refractivity contribution in [3.05, 3.63) is 65.7 Å². The summed E-state index contributed by atoms with van der Waals surface area (Å²) in [6, 6.07) is 15.8. The lowest BCUT2D eigenvalue weighted by atomic mass is 10.2. The summed E-state index contributed by atoms with van der Waals surface area (Å²) in [5.41, 5.74) is 0.990. The van der Waals surface area contributed by atoms with Crippen LogP contribution in [0.15, 0.2) is 59.5 Å². The summed E-state index contributed by atoms with van der Waals surface area (Å²) in [5, 5.41) is 0. The van der Waals surface area contributed by atoms with E-state index in [0.717, 1.165) is 11.9 Å². The molecule has 1 amide bonds. The maximum Gasteiger partial charge on any atom is 0.339 e. The molecule has 0 saturated heterocycles. The summed E-state index contributed by atoms with van der Waals surface area (Å²) < 4.78 is 7.41. The molecule has 0 spiro atoms. The van der Waals surface area contributed by atoms with E-state index in [-0.39, 0.29) is 5.91 Å². The van der Waals surface area contributed by atoms with E-state index in [1.165, 1.54) is 7.11 Å². The Hall–Kier alpha value is -2.27. The lowest BCUT2D eigenvalue weighted by Crippen LogP contribution is -2.16. The second kappa shape index (κ2) is 6.77. The van der Waals surface area contributed by atoms with Crippen LogP contribution in [-0.2, 0) is 4.74 Å². The second-order valence-electron chi connectivity index (χ2n) is 3.89. The second-order valence-corrected chi connectivity index (χ2v) is 4.74. The van der Waals surface area contributed by atoms with Crippen LogP contribution < -0.4 is 4.72 Å². The van der Waals surface area contributed by atoms with Gasteiger partial charge in [-0.25, -0.2) is 4.79 Å². The molecule has 0 aliphatic rings. The molecule has 4 nitrogen and oxygen atoms in total. The standard InChI is InChI=1S/C15H13NO3S/c1-19-15(18)12-9-5-6-10-13(12)20-16-14(17)11-7-3-2-4-8-11/h2-10H,1H3,(H,16,17). The molecule has 0 aromatic heterocycles. The molecule has 102 valence electrons. The number of esters is 1. The Morgan fingerprint density at radius 2 is 1.65 bits per heavy atom. The maximum atomic E-state index is 11.9. The first-order valence-corrected chi connectivity index (χ1v) is 6.73. The minimum absolute atomic E-state index is 0.213. The first-order chi connectivity index (χ1) is 9.72. The van der Waals surface area contributed by atoms with Gasteiger partial charge in [-0.15, -0.1) is 0 Å². The fraction of sp³-hybridized carbons (Fsp3) is 0.0667. The van der Waals surface area contributed by atoms with Gasteiger partial charge in [0.05, 0.1) is 12.7 Å². The van der Waals surface area contributed by atoms with E-state index >= 15 is 0 Å². The molecule has 0 unspecified atom stereocenters. The van der Waals surface area contributed by atoms with Gasteiger partial charge in [-0.05, 0) is 36.2 Å². The van der Waals surface area contributed by atoms with E-state index in [1.807, 2.05) is 6.07 Å². The van der Waals surface area contributed by atoms with Crippen LogP contribution in [0.1, 0.15) is 20.7 Å². The minimum Gasteiger partial charge on any atom is -0.465 e. The summed E-state index contributed by atoms with van der Waals surface area (Å²) in [6.07, 6.45) is 0. The first-order valence-electron chi connectivity index (χ1n) is 5.92. The molecule has 1 N–H and O–H groups in total. The van der Waals surface area contributed by atoms with Gasteiger partial charge in [0, 0.05) is 10.5 Å². The lowest BCUT2D eigenvalue weighted by Gasteiger charge is -2.08.